The highest BCUT2D eigenvalue weighted by molar-refractivity contribution is 7.99. The van der Waals surface area contributed by atoms with Gasteiger partial charge >= 0.3 is 11.8 Å². The highest BCUT2D eigenvalue weighted by Gasteiger charge is 2.20. The molecule has 5 nitrogen and oxygen atoms in total. The molecule has 0 heterocycles. The topological polar surface area (TPSA) is 83.6 Å². The number of phenols is 1. The number of benzene rings is 2. The van der Waals surface area contributed by atoms with Crippen molar-refractivity contribution in [2.45, 2.75) is 119 Å². The molecule has 0 atom stereocenters. The highest BCUT2D eigenvalue weighted by Crippen LogP contribution is 2.30. The van der Waals surface area contributed by atoms with Crippen molar-refractivity contribution < 1.29 is 14.7 Å². The Morgan fingerprint density at radius 1 is 0.658 bits per heavy atom. The molecule has 0 radical (unpaired) electrons. The van der Waals surface area contributed by atoms with Crippen LogP contribution < -0.4 is 10.6 Å². The second kappa shape index (κ2) is 19.6. The monoisotopic (exact) mass is 540 g/mol. The molecule has 3 N–H and O–H groups in total. The minimum atomic E-state index is -0.927. The van der Waals surface area contributed by atoms with Gasteiger partial charge in [-0.05, 0) is 55.0 Å². The summed E-state index contributed by atoms with van der Waals surface area (Å²) in [6.07, 6.45) is 20.7. The first-order chi connectivity index (χ1) is 18.5. The number of rotatable bonds is 20. The van der Waals surface area contributed by atoms with Gasteiger partial charge < -0.3 is 15.7 Å². The van der Waals surface area contributed by atoms with Crippen LogP contribution in [0, 0.1) is 0 Å². The van der Waals surface area contributed by atoms with Crippen LogP contribution in [0.5, 0.6) is 5.75 Å². The summed E-state index contributed by atoms with van der Waals surface area (Å²) in [5.41, 5.74) is 6.01. The Labute approximate surface area is 234 Å². The Morgan fingerprint density at radius 2 is 1.05 bits per heavy atom. The molecule has 0 saturated carbocycles. The van der Waals surface area contributed by atoms with Crippen molar-refractivity contribution in [3.8, 4) is 5.75 Å². The molecule has 0 aromatic heterocycles. The van der Waals surface area contributed by atoms with E-state index in [0.29, 0.717) is 12.2 Å². The van der Waals surface area contributed by atoms with Gasteiger partial charge in [-0.15, -0.1) is 0 Å². The van der Waals surface area contributed by atoms with Crippen LogP contribution in [0.3, 0.4) is 0 Å². The fraction of sp³-hybridized carbons (Fsp3) is 0.562. The molecule has 0 bridgehead atoms. The van der Waals surface area contributed by atoms with Crippen molar-refractivity contribution >= 4 is 29.3 Å². The van der Waals surface area contributed by atoms with E-state index in [-0.39, 0.29) is 5.75 Å². The number of unbranched alkanes of at least 4 members (excludes halogenated alkanes) is 15. The largest absolute Gasteiger partial charge is 0.508 e. The molecule has 0 saturated heterocycles. The maximum Gasteiger partial charge on any atom is 0.316 e. The van der Waals surface area contributed by atoms with Crippen molar-refractivity contribution in [3.05, 3.63) is 48.5 Å². The number of hydrogen-bond donors (Lipinski definition) is 2. The first-order valence-electron chi connectivity index (χ1n) is 14.7. The van der Waals surface area contributed by atoms with Crippen LogP contribution in [0.1, 0.15) is 110 Å². The van der Waals surface area contributed by atoms with Crippen LogP contribution in [-0.4, -0.2) is 23.5 Å². The summed E-state index contributed by atoms with van der Waals surface area (Å²) >= 11 is 1.57. The predicted octanol–water partition coefficient (Wildman–Crippen LogP) is 8.62. The zero-order valence-electron chi connectivity index (χ0n) is 23.3. The van der Waals surface area contributed by atoms with Crippen LogP contribution in [0.25, 0.3) is 0 Å². The lowest BCUT2D eigenvalue weighted by atomic mass is 10.0. The van der Waals surface area contributed by atoms with Gasteiger partial charge in [0, 0.05) is 22.0 Å². The zero-order chi connectivity index (χ0) is 27.4. The van der Waals surface area contributed by atoms with Crippen LogP contribution in [0.15, 0.2) is 58.3 Å². The first-order valence-corrected chi connectivity index (χ1v) is 15.5. The SMILES string of the molecule is CCCCCCCCCCCCCCCCCCN(C(=O)C(N)=O)c1ccc(Sc2ccc(O)cc2)cc1. The molecule has 0 unspecified atom stereocenters. The summed E-state index contributed by atoms with van der Waals surface area (Å²) in [5.74, 6) is -1.35. The van der Waals surface area contributed by atoms with Gasteiger partial charge in [0.05, 0.1) is 0 Å². The van der Waals surface area contributed by atoms with Crippen molar-refractivity contribution in [2.24, 2.45) is 5.73 Å². The van der Waals surface area contributed by atoms with E-state index in [1.807, 2.05) is 36.4 Å². The molecule has 2 amide bonds. The van der Waals surface area contributed by atoms with E-state index in [2.05, 4.69) is 6.92 Å². The highest BCUT2D eigenvalue weighted by atomic mass is 32.2. The van der Waals surface area contributed by atoms with Crippen molar-refractivity contribution in [2.75, 3.05) is 11.4 Å². The summed E-state index contributed by atoms with van der Waals surface area (Å²) in [4.78, 5) is 27.6. The van der Waals surface area contributed by atoms with E-state index in [1.54, 1.807) is 23.9 Å². The Morgan fingerprint density at radius 3 is 1.47 bits per heavy atom. The quantitative estimate of drug-likeness (QED) is 0.130. The third kappa shape index (κ3) is 13.4. The number of aromatic hydroxyl groups is 1. The maximum atomic E-state index is 12.5. The summed E-state index contributed by atoms with van der Waals surface area (Å²) in [7, 11) is 0. The minimum Gasteiger partial charge on any atom is -0.508 e. The molecule has 0 spiro atoms. The van der Waals surface area contributed by atoms with Crippen LogP contribution in [0.2, 0.25) is 0 Å². The number of nitrogens with two attached hydrogens (primary N) is 1. The van der Waals surface area contributed by atoms with Gasteiger partial charge in [-0.25, -0.2) is 0 Å². The second-order valence-corrected chi connectivity index (χ2v) is 11.4. The Bertz CT molecular complexity index is 915. The number of primary amides is 1. The van der Waals surface area contributed by atoms with Crippen LogP contribution in [-0.2, 0) is 9.59 Å². The molecule has 38 heavy (non-hydrogen) atoms. The van der Waals surface area contributed by atoms with Gasteiger partial charge in [-0.1, -0.05) is 115 Å². The second-order valence-electron chi connectivity index (χ2n) is 10.2. The zero-order valence-corrected chi connectivity index (χ0v) is 24.2. The minimum absolute atomic E-state index is 0.236. The lowest BCUT2D eigenvalue weighted by Crippen LogP contribution is -2.41. The molecule has 0 aliphatic heterocycles. The van der Waals surface area contributed by atoms with E-state index in [9.17, 15) is 14.7 Å². The normalized spacial score (nSPS) is 11.0. The average molecular weight is 541 g/mol. The van der Waals surface area contributed by atoms with Gasteiger partial charge in [-0.3, -0.25) is 9.59 Å². The molecule has 0 aliphatic rings. The number of carbonyl (C=O) groups excluding carboxylic acids is 2. The number of hydrogen-bond acceptors (Lipinski definition) is 4. The Hall–Kier alpha value is -2.47. The summed E-state index contributed by atoms with van der Waals surface area (Å²) in [5, 5.41) is 9.44. The summed E-state index contributed by atoms with van der Waals surface area (Å²) < 4.78 is 0. The van der Waals surface area contributed by atoms with Crippen molar-refractivity contribution in [3.63, 3.8) is 0 Å². The van der Waals surface area contributed by atoms with Crippen LogP contribution >= 0.6 is 11.8 Å². The Balaban J connectivity index is 1.61. The first kappa shape index (κ1) is 31.7. The molecule has 0 fully saturated rings. The number of anilines is 1. The average Bonchev–Trinajstić information content (AvgIpc) is 2.92. The third-order valence-corrected chi connectivity index (χ3v) is 7.93. The van der Waals surface area contributed by atoms with E-state index >= 15 is 0 Å². The lowest BCUT2D eigenvalue weighted by Gasteiger charge is -2.21. The van der Waals surface area contributed by atoms with E-state index in [0.717, 1.165) is 29.1 Å². The van der Waals surface area contributed by atoms with Gasteiger partial charge in [0.1, 0.15) is 5.75 Å². The number of phenolic OH excluding ortho intramolecular Hbond substituents is 1. The predicted molar refractivity (Wildman–Crippen MR) is 160 cm³/mol. The standard InChI is InChI=1S/C32H48N2O3S/c1-2-3-4-5-6-7-8-9-10-11-12-13-14-15-16-17-26-34(32(37)31(33)36)27-18-22-29(23-19-27)38-30-24-20-28(35)21-25-30/h18-25,35H,2-17,26H2,1H3,(H2,33,36). The van der Waals surface area contributed by atoms with E-state index in [4.69, 9.17) is 5.73 Å². The summed E-state index contributed by atoms with van der Waals surface area (Å²) in [6.45, 7) is 2.76. The molecule has 0 aliphatic carbocycles. The fourth-order valence-electron chi connectivity index (χ4n) is 4.64. The number of nitrogens with zero attached hydrogens (tertiary/aromatic N) is 1. The lowest BCUT2D eigenvalue weighted by molar-refractivity contribution is -0.135. The molecular formula is C32H48N2O3S. The third-order valence-electron chi connectivity index (χ3n) is 6.91. The van der Waals surface area contributed by atoms with Crippen LogP contribution in [0.4, 0.5) is 5.69 Å². The number of carbonyl (C=O) groups is 2. The van der Waals surface area contributed by atoms with Gasteiger partial charge in [0.2, 0.25) is 0 Å². The molecule has 2 aromatic carbocycles. The smallest absolute Gasteiger partial charge is 0.316 e. The van der Waals surface area contributed by atoms with Gasteiger partial charge in [-0.2, -0.15) is 0 Å². The number of amides is 2. The van der Waals surface area contributed by atoms with Crippen molar-refractivity contribution in [1.29, 1.82) is 0 Å². The van der Waals surface area contributed by atoms with Gasteiger partial charge in [0.15, 0.2) is 0 Å². The molecule has 210 valence electrons. The Kier molecular flexibility index (Phi) is 16.4. The molecule has 6 heteroatoms. The van der Waals surface area contributed by atoms with Crippen molar-refractivity contribution in [1.82, 2.24) is 0 Å². The van der Waals surface area contributed by atoms with E-state index < -0.39 is 11.8 Å². The molecule has 2 rings (SSSR count). The van der Waals surface area contributed by atoms with E-state index in [1.165, 1.54) is 88.4 Å². The summed E-state index contributed by atoms with van der Waals surface area (Å²) in [6, 6.07) is 14.6. The van der Waals surface area contributed by atoms with Gasteiger partial charge in [0.25, 0.3) is 0 Å². The fourth-order valence-corrected chi connectivity index (χ4v) is 5.46. The molecule has 2 aromatic rings. The molecular weight excluding hydrogens is 492 g/mol. The maximum absolute atomic E-state index is 12.5.